The first-order valence-corrected chi connectivity index (χ1v) is 5.33. The van der Waals surface area contributed by atoms with E-state index in [9.17, 15) is 18.0 Å². The molecule has 2 rings (SSSR count). The summed E-state index contributed by atoms with van der Waals surface area (Å²) in [5.41, 5.74) is -0.338. The maximum absolute atomic E-state index is 12.4. The van der Waals surface area contributed by atoms with E-state index in [0.717, 1.165) is 12.1 Å². The minimum Gasteiger partial charge on any atom is -0.449 e. The lowest BCUT2D eigenvalue weighted by Gasteiger charge is -2.05. The van der Waals surface area contributed by atoms with E-state index in [1.165, 1.54) is 19.1 Å². The van der Waals surface area contributed by atoms with Gasteiger partial charge >= 0.3 is 18.3 Å². The Balaban J connectivity index is 2.30. The highest BCUT2D eigenvalue weighted by Crippen LogP contribution is 2.32. The number of aromatic nitrogens is 1. The molecule has 0 aliphatic rings. The van der Waals surface area contributed by atoms with Gasteiger partial charge in [0, 0.05) is 5.56 Å². The van der Waals surface area contributed by atoms with Crippen molar-refractivity contribution in [1.29, 1.82) is 0 Å². The van der Waals surface area contributed by atoms with Crippen LogP contribution in [-0.2, 0) is 6.18 Å². The highest BCUT2D eigenvalue weighted by molar-refractivity contribution is 5.61. The van der Waals surface area contributed by atoms with Crippen LogP contribution in [0.15, 0.2) is 28.7 Å². The van der Waals surface area contributed by atoms with Gasteiger partial charge < -0.3 is 14.3 Å². The molecule has 0 amide bonds. The van der Waals surface area contributed by atoms with Gasteiger partial charge in [-0.15, -0.1) is 0 Å². The molecule has 1 N–H and O–H groups in total. The van der Waals surface area contributed by atoms with Gasteiger partial charge in [-0.3, -0.25) is 0 Å². The van der Waals surface area contributed by atoms with E-state index in [1.807, 2.05) is 0 Å². The largest absolute Gasteiger partial charge is 0.513 e. The molecule has 8 heteroatoms. The molecule has 1 aromatic carbocycles. The normalized spacial score (nSPS) is 11.4. The molecule has 2 aromatic rings. The zero-order valence-electron chi connectivity index (χ0n) is 10.1. The first-order chi connectivity index (χ1) is 9.27. The van der Waals surface area contributed by atoms with Crippen LogP contribution in [0.2, 0.25) is 0 Å². The smallest absolute Gasteiger partial charge is 0.449 e. The molecule has 0 aliphatic heterocycles. The second-order valence-corrected chi connectivity index (χ2v) is 3.83. The molecule has 0 radical (unpaired) electrons. The van der Waals surface area contributed by atoms with Crippen molar-refractivity contribution >= 4 is 6.16 Å². The summed E-state index contributed by atoms with van der Waals surface area (Å²) in [6.45, 7) is 1.45. The number of nitrogens with zero attached hydrogens (tertiary/aromatic N) is 1. The molecule has 0 fully saturated rings. The molecule has 0 saturated carbocycles. The Morgan fingerprint density at radius 3 is 2.40 bits per heavy atom. The van der Waals surface area contributed by atoms with Crippen molar-refractivity contribution in [1.82, 2.24) is 4.98 Å². The summed E-state index contributed by atoms with van der Waals surface area (Å²) >= 11 is 0. The summed E-state index contributed by atoms with van der Waals surface area (Å²) in [6.07, 6.45) is -5.99. The van der Waals surface area contributed by atoms with Gasteiger partial charge in [-0.25, -0.2) is 9.78 Å². The summed E-state index contributed by atoms with van der Waals surface area (Å²) in [7, 11) is 0. The zero-order valence-corrected chi connectivity index (χ0v) is 10.1. The predicted octanol–water partition coefficient (Wildman–Crippen LogP) is 3.73. The molecule has 0 aliphatic carbocycles. The number of hydrogen-bond acceptors (Lipinski definition) is 4. The highest BCUT2D eigenvalue weighted by Gasteiger charge is 2.30. The summed E-state index contributed by atoms with van der Waals surface area (Å²) in [4.78, 5) is 14.3. The van der Waals surface area contributed by atoms with Crippen molar-refractivity contribution in [2.24, 2.45) is 0 Å². The van der Waals surface area contributed by atoms with Gasteiger partial charge in [0.25, 0.3) is 0 Å². The van der Waals surface area contributed by atoms with Crippen molar-refractivity contribution in [3.63, 3.8) is 0 Å². The van der Waals surface area contributed by atoms with Crippen LogP contribution in [0.5, 0.6) is 5.95 Å². The second kappa shape index (κ2) is 4.87. The Labute approximate surface area is 110 Å². The molecule has 0 bridgehead atoms. The summed E-state index contributed by atoms with van der Waals surface area (Å²) in [5, 5.41) is 8.46. The third kappa shape index (κ3) is 2.90. The zero-order chi connectivity index (χ0) is 14.9. The maximum Gasteiger partial charge on any atom is 0.513 e. The Morgan fingerprint density at radius 1 is 1.30 bits per heavy atom. The maximum atomic E-state index is 12.4. The lowest BCUT2D eigenvalue weighted by Crippen LogP contribution is -2.03. The number of halogens is 3. The van der Waals surface area contributed by atoms with Crippen molar-refractivity contribution < 1.29 is 32.2 Å². The minimum absolute atomic E-state index is 0.0209. The molecule has 0 spiro atoms. The number of carboxylic acid groups (broad SMARTS) is 1. The number of oxazole rings is 1. The lowest BCUT2D eigenvalue weighted by molar-refractivity contribution is -0.137. The van der Waals surface area contributed by atoms with Crippen LogP contribution in [0, 0.1) is 6.92 Å². The van der Waals surface area contributed by atoms with E-state index in [-0.39, 0.29) is 23.1 Å². The van der Waals surface area contributed by atoms with Crippen molar-refractivity contribution in [3.8, 4) is 17.4 Å². The van der Waals surface area contributed by atoms with E-state index < -0.39 is 17.9 Å². The highest BCUT2D eigenvalue weighted by atomic mass is 19.4. The van der Waals surface area contributed by atoms with Gasteiger partial charge in [0.15, 0.2) is 0 Å². The van der Waals surface area contributed by atoms with Crippen LogP contribution in [0.1, 0.15) is 11.3 Å². The van der Waals surface area contributed by atoms with E-state index in [1.54, 1.807) is 0 Å². The Morgan fingerprint density at radius 2 is 1.90 bits per heavy atom. The number of aryl methyl sites for hydroxylation is 1. The van der Waals surface area contributed by atoms with Gasteiger partial charge in [-0.05, 0) is 31.2 Å². The quantitative estimate of drug-likeness (QED) is 0.852. The number of rotatable bonds is 2. The molecule has 0 saturated heterocycles. The summed E-state index contributed by atoms with van der Waals surface area (Å²) in [5.74, 6) is -0.333. The van der Waals surface area contributed by atoms with Crippen LogP contribution >= 0.6 is 0 Å². The van der Waals surface area contributed by atoms with E-state index >= 15 is 0 Å². The number of carbonyl (C=O) groups is 1. The fourth-order valence-electron chi connectivity index (χ4n) is 1.48. The fraction of sp³-hybridized carbons (Fsp3) is 0.167. The van der Waals surface area contributed by atoms with Crippen molar-refractivity contribution in [2.45, 2.75) is 13.1 Å². The van der Waals surface area contributed by atoms with Crippen LogP contribution in [0.4, 0.5) is 18.0 Å². The Kier molecular flexibility index (Phi) is 3.39. The summed E-state index contributed by atoms with van der Waals surface area (Å²) in [6, 6.07) is 4.12. The number of ether oxygens (including phenoxy) is 1. The van der Waals surface area contributed by atoms with E-state index in [4.69, 9.17) is 9.52 Å². The van der Waals surface area contributed by atoms with Gasteiger partial charge in [0.1, 0.15) is 5.69 Å². The van der Waals surface area contributed by atoms with Crippen LogP contribution < -0.4 is 4.74 Å². The van der Waals surface area contributed by atoms with Crippen molar-refractivity contribution in [2.75, 3.05) is 0 Å². The molecular formula is C12H8F3NO4. The first kappa shape index (κ1) is 13.9. The molecule has 106 valence electrons. The van der Waals surface area contributed by atoms with Crippen LogP contribution in [-0.4, -0.2) is 16.2 Å². The SMILES string of the molecule is Cc1nc(-c2ccc(C(F)(F)F)cc2)oc1OC(=O)O. The minimum atomic E-state index is -4.43. The molecule has 1 aromatic heterocycles. The van der Waals surface area contributed by atoms with E-state index in [0.29, 0.717) is 0 Å². The Hall–Kier alpha value is -2.51. The molecule has 1 heterocycles. The third-order valence-corrected chi connectivity index (χ3v) is 2.39. The van der Waals surface area contributed by atoms with Gasteiger partial charge in [-0.1, -0.05) is 0 Å². The monoisotopic (exact) mass is 287 g/mol. The first-order valence-electron chi connectivity index (χ1n) is 5.33. The third-order valence-electron chi connectivity index (χ3n) is 2.39. The average molecular weight is 287 g/mol. The van der Waals surface area contributed by atoms with Crippen LogP contribution in [0.3, 0.4) is 0 Å². The molecule has 0 unspecified atom stereocenters. The Bertz CT molecular complexity index is 631. The molecule has 5 nitrogen and oxygen atoms in total. The van der Waals surface area contributed by atoms with Crippen molar-refractivity contribution in [3.05, 3.63) is 35.5 Å². The molecule has 20 heavy (non-hydrogen) atoms. The van der Waals surface area contributed by atoms with Crippen LogP contribution in [0.25, 0.3) is 11.5 Å². The molecule has 0 atom stereocenters. The van der Waals surface area contributed by atoms with Gasteiger partial charge in [0.2, 0.25) is 5.89 Å². The van der Waals surface area contributed by atoms with Gasteiger partial charge in [-0.2, -0.15) is 13.2 Å². The topological polar surface area (TPSA) is 72.6 Å². The average Bonchev–Trinajstić information content (AvgIpc) is 2.69. The molecular weight excluding hydrogens is 279 g/mol. The lowest BCUT2D eigenvalue weighted by atomic mass is 10.1. The number of alkyl halides is 3. The van der Waals surface area contributed by atoms with E-state index in [2.05, 4.69) is 9.72 Å². The van der Waals surface area contributed by atoms with Gasteiger partial charge in [0.05, 0.1) is 5.56 Å². The second-order valence-electron chi connectivity index (χ2n) is 3.83. The number of benzene rings is 1. The standard InChI is InChI=1S/C12H8F3NO4/c1-6-10(20-11(17)18)19-9(16-6)7-2-4-8(5-3-7)12(13,14)15/h2-5H,1H3,(H,17,18). The summed E-state index contributed by atoms with van der Waals surface area (Å²) < 4.78 is 46.6. The predicted molar refractivity (Wildman–Crippen MR) is 60.3 cm³/mol. The fourth-order valence-corrected chi connectivity index (χ4v) is 1.48. The number of hydrogen-bond donors (Lipinski definition) is 1.